The molecule has 2 rings (SSSR count). The van der Waals surface area contributed by atoms with Gasteiger partial charge in [-0.15, -0.1) is 0 Å². The molecule has 2 aromatic rings. The summed E-state index contributed by atoms with van der Waals surface area (Å²) in [7, 11) is 0. The van der Waals surface area contributed by atoms with Crippen molar-refractivity contribution in [3.05, 3.63) is 54.6 Å². The fourth-order valence-electron chi connectivity index (χ4n) is 2.37. The van der Waals surface area contributed by atoms with E-state index in [0.717, 1.165) is 6.54 Å². The summed E-state index contributed by atoms with van der Waals surface area (Å²) in [4.78, 5) is 0. The molecule has 0 fully saturated rings. The van der Waals surface area contributed by atoms with E-state index in [4.69, 9.17) is 0 Å². The lowest BCUT2D eigenvalue weighted by Crippen LogP contribution is -2.01. The molecule has 2 aromatic carbocycles. The molecule has 0 saturated heterocycles. The lowest BCUT2D eigenvalue weighted by Gasteiger charge is -2.07. The van der Waals surface area contributed by atoms with Gasteiger partial charge in [-0.25, -0.2) is 0 Å². The summed E-state index contributed by atoms with van der Waals surface area (Å²) < 4.78 is 0. The fourth-order valence-corrected chi connectivity index (χ4v) is 2.37. The van der Waals surface area contributed by atoms with E-state index in [1.165, 1.54) is 48.9 Å². The molecule has 0 saturated carbocycles. The molecule has 0 radical (unpaired) electrons. The number of benzene rings is 2. The van der Waals surface area contributed by atoms with Crippen molar-refractivity contribution in [2.45, 2.75) is 39.0 Å². The van der Waals surface area contributed by atoms with Crippen molar-refractivity contribution in [1.29, 1.82) is 0 Å². The Morgan fingerprint density at radius 2 is 1.35 bits per heavy atom. The van der Waals surface area contributed by atoms with Crippen LogP contribution in [0.4, 0.5) is 5.69 Å². The number of hydrogen-bond donors (Lipinski definition) is 1. The molecule has 0 bridgehead atoms. The Balaban J connectivity index is 1.77. The number of nitrogens with one attached hydrogen (secondary N) is 1. The Bertz CT molecular complexity index is 473. The summed E-state index contributed by atoms with van der Waals surface area (Å²) in [6.07, 6.45) is 6.65. The Morgan fingerprint density at radius 1 is 0.700 bits per heavy atom. The second kappa shape index (κ2) is 8.42. The Kier molecular flexibility index (Phi) is 6.16. The normalized spacial score (nSPS) is 10.4. The first-order chi connectivity index (χ1) is 9.90. The highest BCUT2D eigenvalue weighted by molar-refractivity contribution is 5.65. The van der Waals surface area contributed by atoms with Gasteiger partial charge in [0.15, 0.2) is 0 Å². The minimum Gasteiger partial charge on any atom is -0.385 e. The van der Waals surface area contributed by atoms with E-state index in [9.17, 15) is 0 Å². The standard InChI is InChI=1S/C19H25N/c1-2-3-4-5-9-16-20-19-14-12-18(13-15-19)17-10-7-6-8-11-17/h6-8,10-15,20H,2-5,9,16H2,1H3. The quantitative estimate of drug-likeness (QED) is 0.602. The third-order valence-corrected chi connectivity index (χ3v) is 3.60. The van der Waals surface area contributed by atoms with Crippen molar-refractivity contribution in [3.63, 3.8) is 0 Å². The van der Waals surface area contributed by atoms with Gasteiger partial charge in [0.2, 0.25) is 0 Å². The van der Waals surface area contributed by atoms with Crippen LogP contribution in [0.15, 0.2) is 54.6 Å². The van der Waals surface area contributed by atoms with Crippen LogP contribution in [0, 0.1) is 0 Å². The van der Waals surface area contributed by atoms with Crippen LogP contribution in [0.3, 0.4) is 0 Å². The van der Waals surface area contributed by atoms with Crippen molar-refractivity contribution in [2.75, 3.05) is 11.9 Å². The molecular weight excluding hydrogens is 242 g/mol. The van der Waals surface area contributed by atoms with E-state index in [-0.39, 0.29) is 0 Å². The van der Waals surface area contributed by atoms with Gasteiger partial charge in [-0.2, -0.15) is 0 Å². The average molecular weight is 267 g/mol. The molecule has 0 aliphatic heterocycles. The highest BCUT2D eigenvalue weighted by Crippen LogP contribution is 2.20. The zero-order valence-corrected chi connectivity index (χ0v) is 12.4. The van der Waals surface area contributed by atoms with Gasteiger partial charge >= 0.3 is 0 Å². The molecule has 0 aromatic heterocycles. The van der Waals surface area contributed by atoms with Gasteiger partial charge in [0.1, 0.15) is 0 Å². The molecule has 0 spiro atoms. The van der Waals surface area contributed by atoms with E-state index >= 15 is 0 Å². The van der Waals surface area contributed by atoms with Crippen LogP contribution in [0.5, 0.6) is 0 Å². The number of rotatable bonds is 8. The van der Waals surface area contributed by atoms with E-state index in [1.54, 1.807) is 0 Å². The molecule has 0 atom stereocenters. The van der Waals surface area contributed by atoms with E-state index in [0.29, 0.717) is 0 Å². The smallest absolute Gasteiger partial charge is 0.0340 e. The van der Waals surface area contributed by atoms with Gasteiger partial charge in [0.25, 0.3) is 0 Å². The summed E-state index contributed by atoms with van der Waals surface area (Å²) in [6, 6.07) is 19.2. The summed E-state index contributed by atoms with van der Waals surface area (Å²) in [6.45, 7) is 3.33. The molecule has 0 amide bonds. The van der Waals surface area contributed by atoms with Crippen molar-refractivity contribution in [1.82, 2.24) is 0 Å². The number of unbranched alkanes of at least 4 members (excludes halogenated alkanes) is 4. The van der Waals surface area contributed by atoms with Gasteiger partial charge in [0.05, 0.1) is 0 Å². The zero-order valence-electron chi connectivity index (χ0n) is 12.4. The maximum Gasteiger partial charge on any atom is 0.0340 e. The van der Waals surface area contributed by atoms with Crippen LogP contribution < -0.4 is 5.32 Å². The Hall–Kier alpha value is -1.76. The van der Waals surface area contributed by atoms with Crippen LogP contribution in [0.2, 0.25) is 0 Å². The predicted molar refractivity (Wildman–Crippen MR) is 89.1 cm³/mol. The SMILES string of the molecule is CCCCCCCNc1ccc(-c2ccccc2)cc1. The van der Waals surface area contributed by atoms with Gasteiger partial charge in [-0.05, 0) is 29.7 Å². The van der Waals surface area contributed by atoms with Crippen molar-refractivity contribution < 1.29 is 0 Å². The molecule has 0 aliphatic rings. The lowest BCUT2D eigenvalue weighted by atomic mass is 10.1. The van der Waals surface area contributed by atoms with Gasteiger partial charge in [-0.3, -0.25) is 0 Å². The second-order valence-electron chi connectivity index (χ2n) is 5.28. The highest BCUT2D eigenvalue weighted by Gasteiger charge is 1.97. The lowest BCUT2D eigenvalue weighted by molar-refractivity contribution is 0.645. The fraction of sp³-hybridized carbons (Fsp3) is 0.368. The molecule has 1 heteroatoms. The van der Waals surface area contributed by atoms with Crippen LogP contribution >= 0.6 is 0 Å². The van der Waals surface area contributed by atoms with Gasteiger partial charge in [0, 0.05) is 12.2 Å². The van der Waals surface area contributed by atoms with Crippen LogP contribution in [-0.2, 0) is 0 Å². The summed E-state index contributed by atoms with van der Waals surface area (Å²) in [5.41, 5.74) is 3.78. The second-order valence-corrected chi connectivity index (χ2v) is 5.28. The zero-order chi connectivity index (χ0) is 14.0. The van der Waals surface area contributed by atoms with Crippen molar-refractivity contribution >= 4 is 5.69 Å². The molecule has 1 N–H and O–H groups in total. The van der Waals surface area contributed by atoms with Crippen LogP contribution in [-0.4, -0.2) is 6.54 Å². The van der Waals surface area contributed by atoms with Crippen molar-refractivity contribution in [3.8, 4) is 11.1 Å². The Morgan fingerprint density at radius 3 is 2.05 bits per heavy atom. The first-order valence-corrected chi connectivity index (χ1v) is 7.79. The first-order valence-electron chi connectivity index (χ1n) is 7.79. The topological polar surface area (TPSA) is 12.0 Å². The monoisotopic (exact) mass is 267 g/mol. The molecule has 0 heterocycles. The van der Waals surface area contributed by atoms with E-state index in [1.807, 2.05) is 0 Å². The molecule has 106 valence electrons. The van der Waals surface area contributed by atoms with Crippen LogP contribution in [0.1, 0.15) is 39.0 Å². The maximum absolute atomic E-state index is 3.50. The third kappa shape index (κ3) is 4.73. The molecule has 20 heavy (non-hydrogen) atoms. The minimum atomic E-state index is 1.08. The third-order valence-electron chi connectivity index (χ3n) is 3.60. The number of hydrogen-bond acceptors (Lipinski definition) is 1. The summed E-state index contributed by atoms with van der Waals surface area (Å²) in [5.74, 6) is 0. The number of anilines is 1. The maximum atomic E-state index is 3.50. The average Bonchev–Trinajstić information content (AvgIpc) is 2.52. The van der Waals surface area contributed by atoms with Gasteiger partial charge < -0.3 is 5.32 Å². The first kappa shape index (κ1) is 14.6. The van der Waals surface area contributed by atoms with Crippen molar-refractivity contribution in [2.24, 2.45) is 0 Å². The van der Waals surface area contributed by atoms with Crippen LogP contribution in [0.25, 0.3) is 11.1 Å². The molecular formula is C19H25N. The highest BCUT2D eigenvalue weighted by atomic mass is 14.9. The Labute approximate surface area is 123 Å². The summed E-state index contributed by atoms with van der Waals surface area (Å²) >= 11 is 0. The van der Waals surface area contributed by atoms with E-state index < -0.39 is 0 Å². The largest absolute Gasteiger partial charge is 0.385 e. The molecule has 0 unspecified atom stereocenters. The van der Waals surface area contributed by atoms with Gasteiger partial charge in [-0.1, -0.05) is 75.1 Å². The summed E-state index contributed by atoms with van der Waals surface area (Å²) in [5, 5.41) is 3.50. The molecule has 1 nitrogen and oxygen atoms in total. The van der Waals surface area contributed by atoms with E-state index in [2.05, 4.69) is 66.8 Å². The predicted octanol–water partition coefficient (Wildman–Crippen LogP) is 5.74. The minimum absolute atomic E-state index is 1.08. The molecule has 0 aliphatic carbocycles.